The molecular formula is C17H18N2S. The normalized spacial score (nSPS) is 11.1. The quantitative estimate of drug-likeness (QED) is 0.760. The van der Waals surface area contributed by atoms with Crippen LogP contribution in [0.15, 0.2) is 48.0 Å². The predicted molar refractivity (Wildman–Crippen MR) is 86.0 cm³/mol. The van der Waals surface area contributed by atoms with Crippen LogP contribution in [0.2, 0.25) is 0 Å². The minimum absolute atomic E-state index is 0.895. The smallest absolute Gasteiger partial charge is 0.0702 e. The van der Waals surface area contributed by atoms with E-state index in [4.69, 9.17) is 0 Å². The SMILES string of the molecule is CCc1ccsc1CNCc1ccc2ncccc2c1. The minimum atomic E-state index is 0.895. The van der Waals surface area contributed by atoms with E-state index in [9.17, 15) is 0 Å². The zero-order valence-electron chi connectivity index (χ0n) is 11.6. The second-order valence-corrected chi connectivity index (χ2v) is 5.86. The van der Waals surface area contributed by atoms with Crippen molar-refractivity contribution in [2.24, 2.45) is 0 Å². The molecule has 3 rings (SSSR count). The van der Waals surface area contributed by atoms with E-state index >= 15 is 0 Å². The van der Waals surface area contributed by atoms with Gasteiger partial charge in [-0.05, 0) is 47.2 Å². The molecule has 102 valence electrons. The van der Waals surface area contributed by atoms with Crippen LogP contribution in [-0.4, -0.2) is 4.98 Å². The number of hydrogen-bond donors (Lipinski definition) is 1. The average molecular weight is 282 g/mol. The van der Waals surface area contributed by atoms with Gasteiger partial charge in [0.2, 0.25) is 0 Å². The Bertz CT molecular complexity index is 703. The van der Waals surface area contributed by atoms with Crippen LogP contribution < -0.4 is 5.32 Å². The van der Waals surface area contributed by atoms with Crippen molar-refractivity contribution >= 4 is 22.2 Å². The van der Waals surface area contributed by atoms with Gasteiger partial charge >= 0.3 is 0 Å². The Labute approximate surface area is 123 Å². The number of fused-ring (bicyclic) bond motifs is 1. The highest BCUT2D eigenvalue weighted by Gasteiger charge is 2.02. The van der Waals surface area contributed by atoms with Gasteiger partial charge in [0.25, 0.3) is 0 Å². The molecule has 3 aromatic rings. The maximum atomic E-state index is 4.35. The molecule has 0 aliphatic heterocycles. The van der Waals surface area contributed by atoms with Crippen molar-refractivity contribution in [2.45, 2.75) is 26.4 Å². The molecule has 0 fully saturated rings. The van der Waals surface area contributed by atoms with Crippen molar-refractivity contribution in [3.05, 3.63) is 64.0 Å². The average Bonchev–Trinajstić information content (AvgIpc) is 2.95. The monoisotopic (exact) mass is 282 g/mol. The van der Waals surface area contributed by atoms with Crippen molar-refractivity contribution in [1.29, 1.82) is 0 Å². The zero-order valence-corrected chi connectivity index (χ0v) is 12.4. The summed E-state index contributed by atoms with van der Waals surface area (Å²) >= 11 is 1.84. The third-order valence-electron chi connectivity index (χ3n) is 3.50. The Morgan fingerprint density at radius 1 is 1.15 bits per heavy atom. The van der Waals surface area contributed by atoms with Crippen LogP contribution in [0.1, 0.15) is 22.9 Å². The largest absolute Gasteiger partial charge is 0.308 e. The molecule has 0 unspecified atom stereocenters. The number of nitrogens with one attached hydrogen (secondary N) is 1. The Kier molecular flexibility index (Phi) is 4.09. The standard InChI is InChI=1S/C17H18N2S/c1-2-14-7-9-20-17(14)12-18-11-13-5-6-16-15(10-13)4-3-8-19-16/h3-10,18H,2,11-12H2,1H3. The van der Waals surface area contributed by atoms with Crippen LogP contribution in [0.5, 0.6) is 0 Å². The van der Waals surface area contributed by atoms with E-state index in [1.807, 2.05) is 23.6 Å². The number of rotatable bonds is 5. The molecule has 2 nitrogen and oxygen atoms in total. The molecule has 1 N–H and O–H groups in total. The highest BCUT2D eigenvalue weighted by Crippen LogP contribution is 2.17. The van der Waals surface area contributed by atoms with Gasteiger partial charge in [0.05, 0.1) is 5.52 Å². The van der Waals surface area contributed by atoms with Crippen LogP contribution in [-0.2, 0) is 19.5 Å². The number of thiophene rings is 1. The summed E-state index contributed by atoms with van der Waals surface area (Å²) < 4.78 is 0. The number of aryl methyl sites for hydroxylation is 1. The topological polar surface area (TPSA) is 24.9 Å². The summed E-state index contributed by atoms with van der Waals surface area (Å²) in [4.78, 5) is 5.80. The molecule has 0 radical (unpaired) electrons. The number of hydrogen-bond acceptors (Lipinski definition) is 3. The first-order valence-electron chi connectivity index (χ1n) is 6.96. The summed E-state index contributed by atoms with van der Waals surface area (Å²) in [6.45, 7) is 4.06. The summed E-state index contributed by atoms with van der Waals surface area (Å²) in [6.07, 6.45) is 2.95. The maximum absolute atomic E-state index is 4.35. The predicted octanol–water partition coefficient (Wildman–Crippen LogP) is 4.15. The van der Waals surface area contributed by atoms with Gasteiger partial charge in [-0.2, -0.15) is 0 Å². The summed E-state index contributed by atoms with van der Waals surface area (Å²) in [5, 5.41) is 6.92. The van der Waals surface area contributed by atoms with Gasteiger partial charge in [-0.25, -0.2) is 0 Å². The van der Waals surface area contributed by atoms with Gasteiger partial charge in [-0.15, -0.1) is 11.3 Å². The molecule has 1 aromatic carbocycles. The van der Waals surface area contributed by atoms with Crippen molar-refractivity contribution < 1.29 is 0 Å². The first kappa shape index (κ1) is 13.3. The van der Waals surface area contributed by atoms with Gasteiger partial charge in [0.15, 0.2) is 0 Å². The lowest BCUT2D eigenvalue weighted by molar-refractivity contribution is 0.697. The Morgan fingerprint density at radius 3 is 3.00 bits per heavy atom. The van der Waals surface area contributed by atoms with Crippen LogP contribution in [0.25, 0.3) is 10.9 Å². The number of nitrogens with zero attached hydrogens (tertiary/aromatic N) is 1. The third kappa shape index (κ3) is 2.89. The lowest BCUT2D eigenvalue weighted by atomic mass is 10.1. The summed E-state index contributed by atoms with van der Waals surface area (Å²) in [5.74, 6) is 0. The van der Waals surface area contributed by atoms with Gasteiger partial charge in [0.1, 0.15) is 0 Å². The zero-order chi connectivity index (χ0) is 13.8. The molecule has 2 heterocycles. The molecule has 0 aliphatic rings. The van der Waals surface area contributed by atoms with E-state index in [0.29, 0.717) is 0 Å². The van der Waals surface area contributed by atoms with Crippen LogP contribution >= 0.6 is 11.3 Å². The second-order valence-electron chi connectivity index (χ2n) is 4.86. The van der Waals surface area contributed by atoms with Crippen LogP contribution in [0.3, 0.4) is 0 Å². The van der Waals surface area contributed by atoms with E-state index in [2.05, 4.69) is 52.9 Å². The molecule has 2 aromatic heterocycles. The maximum Gasteiger partial charge on any atom is 0.0702 e. The molecule has 0 bridgehead atoms. The molecule has 3 heteroatoms. The van der Waals surface area contributed by atoms with E-state index in [1.165, 1.54) is 21.4 Å². The summed E-state index contributed by atoms with van der Waals surface area (Å²) in [7, 11) is 0. The number of aromatic nitrogens is 1. The lowest BCUT2D eigenvalue weighted by Crippen LogP contribution is -2.12. The van der Waals surface area contributed by atoms with Gasteiger partial charge in [0, 0.05) is 29.5 Å². The van der Waals surface area contributed by atoms with Crippen molar-refractivity contribution in [2.75, 3.05) is 0 Å². The molecule has 20 heavy (non-hydrogen) atoms. The Hall–Kier alpha value is -1.71. The fraction of sp³-hybridized carbons (Fsp3) is 0.235. The van der Waals surface area contributed by atoms with Gasteiger partial charge in [-0.1, -0.05) is 19.1 Å². The molecular weight excluding hydrogens is 264 g/mol. The molecule has 0 aliphatic carbocycles. The summed E-state index contributed by atoms with van der Waals surface area (Å²) in [5.41, 5.74) is 3.83. The Morgan fingerprint density at radius 2 is 2.10 bits per heavy atom. The molecule has 0 atom stereocenters. The van der Waals surface area contributed by atoms with E-state index in [0.717, 1.165) is 25.0 Å². The highest BCUT2D eigenvalue weighted by molar-refractivity contribution is 7.10. The van der Waals surface area contributed by atoms with E-state index in [1.54, 1.807) is 0 Å². The number of benzene rings is 1. The first-order valence-corrected chi connectivity index (χ1v) is 7.84. The van der Waals surface area contributed by atoms with Gasteiger partial charge in [-0.3, -0.25) is 4.98 Å². The fourth-order valence-corrected chi connectivity index (χ4v) is 3.34. The molecule has 0 amide bonds. The second kappa shape index (κ2) is 6.16. The fourth-order valence-electron chi connectivity index (χ4n) is 2.39. The lowest BCUT2D eigenvalue weighted by Gasteiger charge is -2.06. The molecule has 0 saturated carbocycles. The van der Waals surface area contributed by atoms with Crippen molar-refractivity contribution in [1.82, 2.24) is 10.3 Å². The minimum Gasteiger partial charge on any atom is -0.308 e. The molecule has 0 saturated heterocycles. The van der Waals surface area contributed by atoms with E-state index < -0.39 is 0 Å². The Balaban J connectivity index is 1.65. The van der Waals surface area contributed by atoms with Crippen molar-refractivity contribution in [3.63, 3.8) is 0 Å². The first-order chi connectivity index (χ1) is 9.86. The van der Waals surface area contributed by atoms with Crippen molar-refractivity contribution in [3.8, 4) is 0 Å². The number of pyridine rings is 1. The van der Waals surface area contributed by atoms with E-state index in [-0.39, 0.29) is 0 Å². The summed E-state index contributed by atoms with van der Waals surface area (Å²) in [6, 6.07) is 12.8. The molecule has 0 spiro atoms. The van der Waals surface area contributed by atoms with Crippen LogP contribution in [0, 0.1) is 0 Å². The highest BCUT2D eigenvalue weighted by atomic mass is 32.1. The van der Waals surface area contributed by atoms with Gasteiger partial charge < -0.3 is 5.32 Å². The van der Waals surface area contributed by atoms with Crippen LogP contribution in [0.4, 0.5) is 0 Å². The third-order valence-corrected chi connectivity index (χ3v) is 4.46.